The van der Waals surface area contributed by atoms with Crippen LogP contribution in [0.2, 0.25) is 0 Å². The molecule has 0 radical (unpaired) electrons. The van der Waals surface area contributed by atoms with E-state index in [1.807, 2.05) is 13.8 Å². The molecule has 1 aromatic rings. The third kappa shape index (κ3) is 1.78. The summed E-state index contributed by atoms with van der Waals surface area (Å²) in [6.07, 6.45) is 0. The topological polar surface area (TPSA) is 26.0 Å². The number of aryl methyl sites for hydroxylation is 2. The van der Waals surface area contributed by atoms with Gasteiger partial charge in [-0.25, -0.2) is 0 Å². The average Bonchev–Trinajstić information content (AvgIpc) is 2.29. The maximum atomic E-state index is 4.91. The third-order valence-corrected chi connectivity index (χ3v) is 1.48. The summed E-state index contributed by atoms with van der Waals surface area (Å²) in [5.74, 6) is 7.11. The first-order valence-corrected chi connectivity index (χ1v) is 3.91. The Kier molecular flexibility index (Phi) is 2.61. The summed E-state index contributed by atoms with van der Waals surface area (Å²) in [4.78, 5) is 0. The van der Waals surface area contributed by atoms with E-state index < -0.39 is 0 Å². The van der Waals surface area contributed by atoms with Crippen molar-refractivity contribution in [3.05, 3.63) is 17.0 Å². The summed E-state index contributed by atoms with van der Waals surface area (Å²) >= 11 is 3.98. The quantitative estimate of drug-likeness (QED) is 0.469. The van der Waals surface area contributed by atoms with Gasteiger partial charge in [-0.3, -0.25) is 0 Å². The van der Waals surface area contributed by atoms with E-state index in [9.17, 15) is 0 Å². The van der Waals surface area contributed by atoms with Gasteiger partial charge in [0.15, 0.2) is 0 Å². The Morgan fingerprint density at radius 3 is 2.73 bits per heavy atom. The van der Waals surface area contributed by atoms with Gasteiger partial charge in [0.2, 0.25) is 0 Å². The first-order chi connectivity index (χ1) is 5.25. The Morgan fingerprint density at radius 2 is 2.27 bits per heavy atom. The molecule has 0 unspecified atom stereocenters. The van der Waals surface area contributed by atoms with E-state index in [-0.39, 0.29) is 0 Å². The average molecular weight is 167 g/mol. The molecule has 0 aliphatic rings. The summed E-state index contributed by atoms with van der Waals surface area (Å²) in [6, 6.07) is 0. The molecule has 11 heavy (non-hydrogen) atoms. The molecular weight excluding hydrogens is 158 g/mol. The molecule has 2 nitrogen and oxygen atoms in total. The minimum atomic E-state index is 0.560. The number of hydrogen-bond donors (Lipinski definition) is 1. The van der Waals surface area contributed by atoms with Gasteiger partial charge in [0, 0.05) is 0 Å². The summed E-state index contributed by atoms with van der Waals surface area (Å²) < 4.78 is 4.91. The Morgan fingerprint density at radius 1 is 1.55 bits per heavy atom. The van der Waals surface area contributed by atoms with E-state index in [1.165, 1.54) is 0 Å². The van der Waals surface area contributed by atoms with Gasteiger partial charge in [-0.05, 0) is 13.8 Å². The van der Waals surface area contributed by atoms with Crippen molar-refractivity contribution in [2.45, 2.75) is 13.8 Å². The number of aromatic nitrogens is 1. The Bertz CT molecular complexity index is 286. The van der Waals surface area contributed by atoms with Crippen LogP contribution in [0, 0.1) is 25.7 Å². The first-order valence-electron chi connectivity index (χ1n) is 3.28. The largest absolute Gasteiger partial charge is 0.360 e. The van der Waals surface area contributed by atoms with Crippen LogP contribution in [0.3, 0.4) is 0 Å². The number of rotatable bonds is 0. The predicted octanol–water partition coefficient (Wildman–Crippen LogP) is 1.57. The fraction of sp³-hybridized carbons (Fsp3) is 0.375. The standard InChI is InChI=1S/C8H9NOS/c1-6-8(4-3-5-11)7(2)10-9-6/h11H,5H2,1-2H3. The van der Waals surface area contributed by atoms with E-state index in [0.717, 1.165) is 17.0 Å². The zero-order valence-corrected chi connectivity index (χ0v) is 7.40. The zero-order chi connectivity index (χ0) is 8.27. The number of hydrogen-bond acceptors (Lipinski definition) is 3. The molecule has 3 heteroatoms. The van der Waals surface area contributed by atoms with E-state index in [1.54, 1.807) is 0 Å². The maximum Gasteiger partial charge on any atom is 0.149 e. The van der Waals surface area contributed by atoms with Crippen molar-refractivity contribution in [3.8, 4) is 11.8 Å². The van der Waals surface area contributed by atoms with Crippen LogP contribution < -0.4 is 0 Å². The van der Waals surface area contributed by atoms with Crippen molar-refractivity contribution in [1.82, 2.24) is 5.16 Å². The summed E-state index contributed by atoms with van der Waals surface area (Å²) in [5, 5.41) is 3.77. The van der Waals surface area contributed by atoms with Crippen molar-refractivity contribution < 1.29 is 4.52 Å². The highest BCUT2D eigenvalue weighted by Crippen LogP contribution is 2.09. The van der Waals surface area contributed by atoms with Crippen molar-refractivity contribution in [3.63, 3.8) is 0 Å². The lowest BCUT2D eigenvalue weighted by atomic mass is 10.2. The molecule has 1 heterocycles. The summed E-state index contributed by atoms with van der Waals surface area (Å²) in [5.41, 5.74) is 1.73. The molecule has 0 aliphatic heterocycles. The van der Waals surface area contributed by atoms with Gasteiger partial charge in [-0.1, -0.05) is 17.0 Å². The van der Waals surface area contributed by atoms with Gasteiger partial charge in [0.05, 0.1) is 17.0 Å². The molecule has 0 bridgehead atoms. The van der Waals surface area contributed by atoms with Crippen LogP contribution in [0.15, 0.2) is 4.52 Å². The first kappa shape index (κ1) is 8.22. The SMILES string of the molecule is Cc1noc(C)c1C#CCS. The molecule has 0 fully saturated rings. The number of nitrogens with zero attached hydrogens (tertiary/aromatic N) is 1. The van der Waals surface area contributed by atoms with Crippen LogP contribution in [-0.4, -0.2) is 10.9 Å². The van der Waals surface area contributed by atoms with Gasteiger partial charge in [-0.15, -0.1) is 0 Å². The maximum absolute atomic E-state index is 4.91. The van der Waals surface area contributed by atoms with Crippen LogP contribution in [-0.2, 0) is 0 Å². The molecule has 0 saturated heterocycles. The monoisotopic (exact) mass is 167 g/mol. The highest BCUT2D eigenvalue weighted by Gasteiger charge is 2.03. The molecule has 0 atom stereocenters. The molecule has 0 N–H and O–H groups in total. The van der Waals surface area contributed by atoms with Crippen molar-refractivity contribution in [1.29, 1.82) is 0 Å². The van der Waals surface area contributed by atoms with E-state index in [2.05, 4.69) is 29.6 Å². The predicted molar refractivity (Wildman–Crippen MR) is 46.7 cm³/mol. The number of thiol groups is 1. The highest BCUT2D eigenvalue weighted by molar-refractivity contribution is 7.80. The van der Waals surface area contributed by atoms with Crippen molar-refractivity contribution >= 4 is 12.6 Å². The second kappa shape index (κ2) is 3.49. The molecule has 0 aromatic carbocycles. The zero-order valence-electron chi connectivity index (χ0n) is 6.51. The molecule has 0 aliphatic carbocycles. The molecule has 0 amide bonds. The van der Waals surface area contributed by atoms with Gasteiger partial charge >= 0.3 is 0 Å². The molecule has 1 aromatic heterocycles. The summed E-state index contributed by atoms with van der Waals surface area (Å²) in [7, 11) is 0. The molecule has 58 valence electrons. The lowest BCUT2D eigenvalue weighted by molar-refractivity contribution is 0.393. The smallest absolute Gasteiger partial charge is 0.149 e. The van der Waals surface area contributed by atoms with Crippen molar-refractivity contribution in [2.24, 2.45) is 0 Å². The van der Waals surface area contributed by atoms with Crippen LogP contribution in [0.4, 0.5) is 0 Å². The van der Waals surface area contributed by atoms with Crippen LogP contribution in [0.5, 0.6) is 0 Å². The minimum absolute atomic E-state index is 0.560. The Hall–Kier alpha value is -0.880. The van der Waals surface area contributed by atoms with Gasteiger partial charge < -0.3 is 4.52 Å². The minimum Gasteiger partial charge on any atom is -0.360 e. The lowest BCUT2D eigenvalue weighted by Gasteiger charge is -1.82. The molecular formula is C8H9NOS. The molecule has 0 saturated carbocycles. The second-order valence-electron chi connectivity index (χ2n) is 2.16. The van der Waals surface area contributed by atoms with Gasteiger partial charge in [-0.2, -0.15) is 12.6 Å². The second-order valence-corrected chi connectivity index (χ2v) is 2.48. The van der Waals surface area contributed by atoms with E-state index in [0.29, 0.717) is 5.75 Å². The van der Waals surface area contributed by atoms with Crippen LogP contribution in [0.1, 0.15) is 17.0 Å². The van der Waals surface area contributed by atoms with Crippen molar-refractivity contribution in [2.75, 3.05) is 5.75 Å². The fourth-order valence-electron chi connectivity index (χ4n) is 0.789. The van der Waals surface area contributed by atoms with E-state index in [4.69, 9.17) is 4.52 Å². The van der Waals surface area contributed by atoms with Crippen LogP contribution in [0.25, 0.3) is 0 Å². The van der Waals surface area contributed by atoms with Crippen LogP contribution >= 0.6 is 12.6 Å². The Balaban J connectivity index is 3.01. The summed E-state index contributed by atoms with van der Waals surface area (Å²) in [6.45, 7) is 3.72. The van der Waals surface area contributed by atoms with E-state index >= 15 is 0 Å². The lowest BCUT2D eigenvalue weighted by Crippen LogP contribution is -1.78. The Labute approximate surface area is 71.4 Å². The normalized spacial score (nSPS) is 9.00. The third-order valence-electron chi connectivity index (χ3n) is 1.33. The van der Waals surface area contributed by atoms with Gasteiger partial charge in [0.25, 0.3) is 0 Å². The fourth-order valence-corrected chi connectivity index (χ4v) is 0.868. The van der Waals surface area contributed by atoms with Gasteiger partial charge in [0.1, 0.15) is 5.76 Å². The highest BCUT2D eigenvalue weighted by atomic mass is 32.1. The molecule has 0 spiro atoms. The molecule has 1 rings (SSSR count).